The smallest absolute Gasteiger partial charge is 0.419 e. The van der Waals surface area contributed by atoms with E-state index < -0.39 is 94.9 Å². The topological polar surface area (TPSA) is 108 Å². The van der Waals surface area contributed by atoms with E-state index in [0.717, 1.165) is 11.8 Å². The highest BCUT2D eigenvalue weighted by atomic mass is 32.2. The van der Waals surface area contributed by atoms with E-state index in [2.05, 4.69) is 10.3 Å². The van der Waals surface area contributed by atoms with Crippen molar-refractivity contribution in [1.82, 2.24) is 9.97 Å². The van der Waals surface area contributed by atoms with E-state index in [1.165, 1.54) is 27.0 Å². The summed E-state index contributed by atoms with van der Waals surface area (Å²) < 4.78 is 108. The van der Waals surface area contributed by atoms with Crippen molar-refractivity contribution in [3.63, 3.8) is 0 Å². The Morgan fingerprint density at radius 1 is 1.12 bits per heavy atom. The van der Waals surface area contributed by atoms with Crippen LogP contribution < -0.4 is 10.9 Å². The summed E-state index contributed by atoms with van der Waals surface area (Å²) >= 11 is 1.04. The standard InChI is InChI=1S/C24H15F7N4O3S2/c1-23(2,3)38-22(37)35-20-8(6-32)10-7(5-9(25)14(26)18(10)40-20)11-13(24(29,30)31)15(27)12-17(16(11)28)33-21(39-4)34-19(12)36/h5H,1-4H3,(H,35,37)(H,33,34,36). The lowest BCUT2D eigenvalue weighted by Gasteiger charge is -2.19. The zero-order chi connectivity index (χ0) is 29.9. The first-order chi connectivity index (χ1) is 18.5. The second kappa shape index (κ2) is 9.97. The molecule has 0 fully saturated rings. The van der Waals surface area contributed by atoms with Gasteiger partial charge < -0.3 is 9.72 Å². The Balaban J connectivity index is 2.18. The first-order valence-electron chi connectivity index (χ1n) is 10.9. The highest BCUT2D eigenvalue weighted by Gasteiger charge is 2.42. The van der Waals surface area contributed by atoms with Crippen molar-refractivity contribution in [2.24, 2.45) is 0 Å². The molecule has 0 bridgehead atoms. The number of hydrogen-bond acceptors (Lipinski definition) is 7. The number of carbonyl (C=O) groups excluding carboxylic acids is 1. The Morgan fingerprint density at radius 2 is 1.77 bits per heavy atom. The molecule has 2 aromatic carbocycles. The molecule has 0 aliphatic carbocycles. The monoisotopic (exact) mass is 604 g/mol. The van der Waals surface area contributed by atoms with Gasteiger partial charge in [-0.2, -0.15) is 18.4 Å². The fourth-order valence-corrected chi connectivity index (χ4v) is 5.36. The molecular formula is C24H15F7N4O3S2. The maximum Gasteiger partial charge on any atom is 0.419 e. The van der Waals surface area contributed by atoms with Crippen molar-refractivity contribution in [1.29, 1.82) is 5.26 Å². The summed E-state index contributed by atoms with van der Waals surface area (Å²) in [6.07, 6.45) is -5.40. The van der Waals surface area contributed by atoms with Crippen molar-refractivity contribution in [2.45, 2.75) is 37.7 Å². The Labute approximate surface area is 228 Å². The quantitative estimate of drug-likeness (QED) is 0.144. The van der Waals surface area contributed by atoms with Crippen LogP contribution in [0.4, 0.5) is 40.5 Å². The van der Waals surface area contributed by atoms with Gasteiger partial charge in [-0.15, -0.1) is 11.3 Å². The number of ether oxygens (including phenoxy) is 1. The number of rotatable bonds is 3. The molecule has 16 heteroatoms. The largest absolute Gasteiger partial charge is 0.444 e. The number of alkyl halides is 3. The van der Waals surface area contributed by atoms with Crippen LogP contribution >= 0.6 is 23.1 Å². The van der Waals surface area contributed by atoms with Gasteiger partial charge in [0.25, 0.3) is 5.56 Å². The van der Waals surface area contributed by atoms with E-state index in [1.54, 1.807) is 6.07 Å². The zero-order valence-electron chi connectivity index (χ0n) is 20.7. The van der Waals surface area contributed by atoms with E-state index in [0.29, 0.717) is 0 Å². The maximum absolute atomic E-state index is 15.9. The molecule has 0 unspecified atom stereocenters. The molecule has 7 nitrogen and oxygen atoms in total. The lowest BCUT2D eigenvalue weighted by Crippen LogP contribution is -2.27. The minimum atomic E-state index is -5.66. The number of aromatic amines is 1. The summed E-state index contributed by atoms with van der Waals surface area (Å²) in [5.74, 6) is -7.45. The van der Waals surface area contributed by atoms with Crippen molar-refractivity contribution in [2.75, 3.05) is 11.6 Å². The van der Waals surface area contributed by atoms with Gasteiger partial charge in [0.2, 0.25) is 0 Å². The normalized spacial score (nSPS) is 12.2. The second-order valence-corrected chi connectivity index (χ2v) is 11.0. The summed E-state index contributed by atoms with van der Waals surface area (Å²) in [4.78, 5) is 30.4. The Kier molecular flexibility index (Phi) is 7.26. The molecule has 4 rings (SSSR count). The predicted molar refractivity (Wildman–Crippen MR) is 134 cm³/mol. The van der Waals surface area contributed by atoms with Crippen LogP contribution in [0.25, 0.3) is 32.1 Å². The van der Waals surface area contributed by atoms with Gasteiger partial charge in [0.15, 0.2) is 28.4 Å². The van der Waals surface area contributed by atoms with Gasteiger partial charge in [-0.25, -0.2) is 27.3 Å². The lowest BCUT2D eigenvalue weighted by molar-refractivity contribution is -0.139. The average Bonchev–Trinajstić information content (AvgIpc) is 3.19. The Hall–Kier alpha value is -3.84. The van der Waals surface area contributed by atoms with E-state index in [-0.39, 0.29) is 22.6 Å². The number of hydrogen-bond donors (Lipinski definition) is 2. The van der Waals surface area contributed by atoms with Crippen molar-refractivity contribution in [3.8, 4) is 17.2 Å². The molecule has 210 valence electrons. The lowest BCUT2D eigenvalue weighted by atomic mass is 9.92. The molecule has 0 saturated heterocycles. The molecule has 0 aliphatic rings. The third-order valence-electron chi connectivity index (χ3n) is 5.34. The van der Waals surface area contributed by atoms with Gasteiger partial charge in [-0.05, 0) is 38.7 Å². The summed E-state index contributed by atoms with van der Waals surface area (Å²) in [6, 6.07) is 1.75. The molecule has 2 N–H and O–H groups in total. The average molecular weight is 605 g/mol. The molecule has 0 aliphatic heterocycles. The number of halogens is 7. The van der Waals surface area contributed by atoms with Crippen LogP contribution in [0.15, 0.2) is 16.0 Å². The number of nitrogens with one attached hydrogen (secondary N) is 2. The number of anilines is 1. The molecule has 0 spiro atoms. The van der Waals surface area contributed by atoms with Gasteiger partial charge >= 0.3 is 12.3 Å². The number of H-pyrrole nitrogens is 1. The molecule has 0 saturated carbocycles. The molecule has 2 aromatic heterocycles. The van der Waals surface area contributed by atoms with E-state index in [1.807, 2.05) is 4.98 Å². The Morgan fingerprint density at radius 3 is 2.33 bits per heavy atom. The summed E-state index contributed by atoms with van der Waals surface area (Å²) in [5, 5.41) is 9.15. The van der Waals surface area contributed by atoms with Crippen LogP contribution in [0.1, 0.15) is 31.9 Å². The highest BCUT2D eigenvalue weighted by molar-refractivity contribution is 7.98. The fraction of sp³-hybridized carbons (Fsp3) is 0.250. The van der Waals surface area contributed by atoms with Gasteiger partial charge in [-0.1, -0.05) is 11.8 Å². The number of carbonyl (C=O) groups is 1. The third-order valence-corrected chi connectivity index (χ3v) is 7.02. The van der Waals surface area contributed by atoms with Crippen LogP contribution in [-0.4, -0.2) is 27.9 Å². The van der Waals surface area contributed by atoms with Gasteiger partial charge in [0, 0.05) is 10.9 Å². The van der Waals surface area contributed by atoms with E-state index >= 15 is 8.78 Å². The van der Waals surface area contributed by atoms with E-state index in [9.17, 15) is 36.8 Å². The minimum Gasteiger partial charge on any atom is -0.444 e. The fourth-order valence-electron chi connectivity index (χ4n) is 3.90. The number of nitrogens with zero attached hydrogens (tertiary/aromatic N) is 2. The molecule has 0 atom stereocenters. The highest BCUT2D eigenvalue weighted by Crippen LogP contribution is 2.49. The third kappa shape index (κ3) is 4.94. The predicted octanol–water partition coefficient (Wildman–Crippen LogP) is 7.32. The van der Waals surface area contributed by atoms with Crippen LogP contribution in [0.3, 0.4) is 0 Å². The zero-order valence-corrected chi connectivity index (χ0v) is 22.3. The molecule has 2 heterocycles. The van der Waals surface area contributed by atoms with Crippen molar-refractivity contribution >= 4 is 55.2 Å². The van der Waals surface area contributed by atoms with Crippen molar-refractivity contribution in [3.05, 3.63) is 50.8 Å². The first-order valence-corrected chi connectivity index (χ1v) is 12.9. The molecule has 1 amide bonds. The van der Waals surface area contributed by atoms with Gasteiger partial charge in [0.1, 0.15) is 33.1 Å². The molecular weight excluding hydrogens is 589 g/mol. The molecule has 4 aromatic rings. The van der Waals surface area contributed by atoms with Crippen LogP contribution in [-0.2, 0) is 10.9 Å². The van der Waals surface area contributed by atoms with Gasteiger partial charge in [0.05, 0.1) is 10.3 Å². The van der Waals surface area contributed by atoms with Gasteiger partial charge in [-0.3, -0.25) is 10.1 Å². The number of thioether (sulfide) groups is 1. The SMILES string of the molecule is CSc1nc2c(F)c(-c3cc(F)c(F)c4sc(NC(=O)OC(C)(C)C)c(C#N)c34)c(C(F)(F)F)c(F)c2c(=O)[nH]1. The second-order valence-electron chi connectivity index (χ2n) is 9.14. The number of benzene rings is 2. The minimum absolute atomic E-state index is 0.171. The van der Waals surface area contributed by atoms with Crippen LogP contribution in [0, 0.1) is 34.6 Å². The van der Waals surface area contributed by atoms with Crippen LogP contribution in [0.2, 0.25) is 0 Å². The molecule has 40 heavy (non-hydrogen) atoms. The van der Waals surface area contributed by atoms with Crippen molar-refractivity contribution < 1.29 is 40.3 Å². The van der Waals surface area contributed by atoms with Crippen LogP contribution in [0.5, 0.6) is 0 Å². The summed E-state index contributed by atoms with van der Waals surface area (Å²) in [7, 11) is 0. The number of aromatic nitrogens is 2. The maximum atomic E-state index is 15.9. The molecule has 0 radical (unpaired) electrons. The number of thiophene rings is 1. The summed E-state index contributed by atoms with van der Waals surface area (Å²) in [5.41, 5.74) is -9.17. The van der Waals surface area contributed by atoms with E-state index in [4.69, 9.17) is 4.74 Å². The number of amides is 1. The summed E-state index contributed by atoms with van der Waals surface area (Å²) in [6.45, 7) is 4.52. The number of fused-ring (bicyclic) bond motifs is 2. The number of nitriles is 1. The Bertz CT molecular complexity index is 1820. The first kappa shape index (κ1) is 29.2.